The van der Waals surface area contributed by atoms with Crippen LogP contribution in [-0.4, -0.2) is 25.3 Å². The van der Waals surface area contributed by atoms with Gasteiger partial charge in [-0.25, -0.2) is 0 Å². The third kappa shape index (κ3) is 4.89. The van der Waals surface area contributed by atoms with Gasteiger partial charge in [0.25, 0.3) is 0 Å². The third-order valence-corrected chi connectivity index (χ3v) is 3.41. The van der Waals surface area contributed by atoms with Gasteiger partial charge in [-0.2, -0.15) is 13.2 Å². The third-order valence-electron chi connectivity index (χ3n) is 1.44. The largest absolute Gasteiger partial charge is 0.471 e. The van der Waals surface area contributed by atoms with Crippen molar-refractivity contribution in [2.45, 2.75) is 20.0 Å². The number of carbonyl (C=O) groups excluding carboxylic acids is 1. The molecule has 0 rings (SSSR count). The van der Waals surface area contributed by atoms with Crippen LogP contribution in [0.25, 0.3) is 0 Å². The van der Waals surface area contributed by atoms with E-state index in [1.807, 2.05) is 0 Å². The monoisotopic (exact) mass is 275 g/mol. The molecule has 0 aromatic heterocycles. The SMILES string of the molecule is C=C(NC(=O)C(F)(F)F)P(=O)(OCC)OCC. The van der Waals surface area contributed by atoms with Crippen molar-refractivity contribution in [1.29, 1.82) is 0 Å². The van der Waals surface area contributed by atoms with E-state index >= 15 is 0 Å². The molecule has 0 spiro atoms. The molecule has 1 N–H and O–H groups in total. The van der Waals surface area contributed by atoms with E-state index in [1.54, 1.807) is 0 Å². The van der Waals surface area contributed by atoms with Crippen molar-refractivity contribution in [3.05, 3.63) is 12.0 Å². The predicted octanol–water partition coefficient (Wildman–Crippen LogP) is 2.40. The summed E-state index contributed by atoms with van der Waals surface area (Å²) in [5.41, 5.74) is -0.733. The van der Waals surface area contributed by atoms with Crippen LogP contribution in [0.4, 0.5) is 13.2 Å². The molecule has 0 radical (unpaired) electrons. The first-order valence-corrected chi connectivity index (χ1v) is 6.18. The highest BCUT2D eigenvalue weighted by Gasteiger charge is 2.41. The van der Waals surface area contributed by atoms with Crippen molar-refractivity contribution < 1.29 is 31.6 Å². The smallest absolute Gasteiger partial charge is 0.312 e. The zero-order valence-corrected chi connectivity index (χ0v) is 10.2. The van der Waals surface area contributed by atoms with Crippen LogP contribution in [0.2, 0.25) is 0 Å². The van der Waals surface area contributed by atoms with Crippen molar-refractivity contribution >= 4 is 13.5 Å². The second-order valence-corrected chi connectivity index (χ2v) is 4.78. The number of carbonyl (C=O) groups is 1. The first-order chi connectivity index (χ1) is 7.67. The van der Waals surface area contributed by atoms with E-state index in [1.165, 1.54) is 19.2 Å². The molecule has 17 heavy (non-hydrogen) atoms. The standard InChI is InChI=1S/C8H13F3NO4P/c1-4-15-17(14,16-5-2)6(3)12-7(13)8(9,10)11/h3-5H2,1-2H3,(H,12,13). The van der Waals surface area contributed by atoms with Gasteiger partial charge >= 0.3 is 19.7 Å². The molecule has 0 saturated heterocycles. The Balaban J connectivity index is 4.77. The molecule has 0 aliphatic rings. The fraction of sp³-hybridized carbons (Fsp3) is 0.625. The summed E-state index contributed by atoms with van der Waals surface area (Å²) < 4.78 is 57.1. The van der Waals surface area contributed by atoms with Crippen molar-refractivity contribution in [3.8, 4) is 0 Å². The van der Waals surface area contributed by atoms with E-state index in [0.717, 1.165) is 0 Å². The Labute approximate surface area is 96.5 Å². The Kier molecular flexibility index (Phi) is 5.87. The maximum atomic E-state index is 11.9. The number of hydrogen-bond acceptors (Lipinski definition) is 4. The average molecular weight is 275 g/mol. The Morgan fingerprint density at radius 3 is 2.00 bits per heavy atom. The lowest BCUT2D eigenvalue weighted by Gasteiger charge is -2.19. The fourth-order valence-electron chi connectivity index (χ4n) is 0.803. The van der Waals surface area contributed by atoms with Gasteiger partial charge in [-0.15, -0.1) is 0 Å². The molecular weight excluding hydrogens is 262 g/mol. The lowest BCUT2D eigenvalue weighted by molar-refractivity contribution is -0.172. The van der Waals surface area contributed by atoms with Gasteiger partial charge in [0.05, 0.1) is 13.2 Å². The molecule has 0 saturated carbocycles. The molecule has 0 heterocycles. The molecule has 9 heteroatoms. The highest BCUT2D eigenvalue weighted by molar-refractivity contribution is 7.58. The van der Waals surface area contributed by atoms with Gasteiger partial charge in [0.1, 0.15) is 5.44 Å². The summed E-state index contributed by atoms with van der Waals surface area (Å²) >= 11 is 0. The minimum atomic E-state index is -5.09. The molecule has 0 aliphatic carbocycles. The Hall–Kier alpha value is -0.850. The second-order valence-electron chi connectivity index (χ2n) is 2.73. The van der Waals surface area contributed by atoms with Crippen molar-refractivity contribution in [2.24, 2.45) is 0 Å². The van der Waals surface area contributed by atoms with Crippen LogP contribution >= 0.6 is 7.60 Å². The second kappa shape index (κ2) is 6.18. The summed E-state index contributed by atoms with van der Waals surface area (Å²) in [4.78, 5) is 10.6. The lowest BCUT2D eigenvalue weighted by atomic mass is 10.6. The van der Waals surface area contributed by atoms with Crippen LogP contribution < -0.4 is 5.32 Å². The van der Waals surface area contributed by atoms with Crippen LogP contribution in [0.3, 0.4) is 0 Å². The normalized spacial score (nSPS) is 12.3. The zero-order chi connectivity index (χ0) is 13.7. The number of amides is 1. The predicted molar refractivity (Wildman–Crippen MR) is 54.2 cm³/mol. The molecule has 0 fully saturated rings. The molecule has 0 unspecified atom stereocenters. The van der Waals surface area contributed by atoms with E-state index in [4.69, 9.17) is 9.05 Å². The van der Waals surface area contributed by atoms with Gasteiger partial charge in [0.2, 0.25) is 0 Å². The molecular formula is C8H13F3NO4P. The molecule has 0 aliphatic heterocycles. The molecule has 0 bridgehead atoms. The summed E-state index contributed by atoms with van der Waals surface area (Å²) in [6.07, 6.45) is -5.09. The zero-order valence-electron chi connectivity index (χ0n) is 9.34. The van der Waals surface area contributed by atoms with E-state index in [9.17, 15) is 22.5 Å². The molecule has 0 aromatic rings. The molecule has 100 valence electrons. The van der Waals surface area contributed by atoms with E-state index < -0.39 is 25.1 Å². The number of halogens is 3. The number of nitrogens with one attached hydrogen (secondary N) is 1. The van der Waals surface area contributed by atoms with Crippen LogP contribution in [0.5, 0.6) is 0 Å². The maximum absolute atomic E-state index is 11.9. The fourth-order valence-corrected chi connectivity index (χ4v) is 2.11. The van der Waals surface area contributed by atoms with Gasteiger partial charge in [-0.1, -0.05) is 6.58 Å². The van der Waals surface area contributed by atoms with Crippen LogP contribution in [0, 0.1) is 0 Å². The van der Waals surface area contributed by atoms with Crippen molar-refractivity contribution in [3.63, 3.8) is 0 Å². The van der Waals surface area contributed by atoms with E-state index in [0.29, 0.717) is 0 Å². The van der Waals surface area contributed by atoms with Gasteiger partial charge in [0, 0.05) is 0 Å². The quantitative estimate of drug-likeness (QED) is 0.756. The van der Waals surface area contributed by atoms with Gasteiger partial charge in [0.15, 0.2) is 0 Å². The number of rotatable bonds is 6. The first-order valence-electron chi connectivity index (χ1n) is 4.64. The van der Waals surface area contributed by atoms with Crippen LogP contribution in [0.15, 0.2) is 12.0 Å². The highest BCUT2D eigenvalue weighted by Crippen LogP contribution is 2.54. The highest BCUT2D eigenvalue weighted by atomic mass is 31.2. The average Bonchev–Trinajstić information content (AvgIpc) is 2.16. The minimum Gasteiger partial charge on any atom is -0.312 e. The molecule has 0 aromatic carbocycles. The lowest BCUT2D eigenvalue weighted by Crippen LogP contribution is -2.36. The van der Waals surface area contributed by atoms with Crippen molar-refractivity contribution in [2.75, 3.05) is 13.2 Å². The topological polar surface area (TPSA) is 64.6 Å². The van der Waals surface area contributed by atoms with Gasteiger partial charge < -0.3 is 14.4 Å². The van der Waals surface area contributed by atoms with Crippen LogP contribution in [-0.2, 0) is 18.4 Å². The Morgan fingerprint density at radius 2 is 1.71 bits per heavy atom. The number of hydrogen-bond donors (Lipinski definition) is 1. The van der Waals surface area contributed by atoms with Gasteiger partial charge in [-0.3, -0.25) is 9.36 Å². The van der Waals surface area contributed by atoms with E-state index in [-0.39, 0.29) is 13.2 Å². The van der Waals surface area contributed by atoms with E-state index in [2.05, 4.69) is 6.58 Å². The molecule has 1 amide bonds. The Bertz CT molecular complexity index is 332. The summed E-state index contributed by atoms with van der Waals surface area (Å²) in [5, 5.41) is 1.36. The summed E-state index contributed by atoms with van der Waals surface area (Å²) in [6.45, 7) is 5.91. The maximum Gasteiger partial charge on any atom is 0.471 e. The first kappa shape index (κ1) is 16.1. The minimum absolute atomic E-state index is 0.0574. The molecule has 0 atom stereocenters. The Morgan fingerprint density at radius 1 is 1.29 bits per heavy atom. The summed E-state index contributed by atoms with van der Waals surface area (Å²) in [5.74, 6) is -2.28. The van der Waals surface area contributed by atoms with Crippen LogP contribution in [0.1, 0.15) is 13.8 Å². The number of alkyl halides is 3. The summed E-state index contributed by atoms with van der Waals surface area (Å²) in [6, 6.07) is 0. The summed E-state index contributed by atoms with van der Waals surface area (Å²) in [7, 11) is -3.96. The molecule has 5 nitrogen and oxygen atoms in total. The van der Waals surface area contributed by atoms with Gasteiger partial charge in [-0.05, 0) is 13.8 Å². The van der Waals surface area contributed by atoms with Crippen molar-refractivity contribution in [1.82, 2.24) is 5.32 Å².